The molecular formula is C13H13BrN2O2. The minimum absolute atomic E-state index is 0.151. The third-order valence-electron chi connectivity index (χ3n) is 2.51. The molecule has 0 fully saturated rings. The first-order chi connectivity index (χ1) is 8.65. The molecule has 2 rings (SSSR count). The van der Waals surface area contributed by atoms with Gasteiger partial charge in [0.1, 0.15) is 5.75 Å². The van der Waals surface area contributed by atoms with E-state index in [1.54, 1.807) is 19.3 Å². The molecule has 0 aliphatic carbocycles. The smallest absolute Gasteiger partial charge is 0.252 e. The molecule has 5 heteroatoms. The van der Waals surface area contributed by atoms with E-state index in [2.05, 4.69) is 26.2 Å². The van der Waals surface area contributed by atoms with Gasteiger partial charge in [0, 0.05) is 23.1 Å². The van der Waals surface area contributed by atoms with E-state index < -0.39 is 0 Å². The fourth-order valence-corrected chi connectivity index (χ4v) is 2.25. The van der Waals surface area contributed by atoms with Crippen molar-refractivity contribution < 1.29 is 9.53 Å². The third kappa shape index (κ3) is 2.46. The predicted octanol–water partition coefficient (Wildman–Crippen LogP) is 2.76. The fourth-order valence-electron chi connectivity index (χ4n) is 1.70. The van der Waals surface area contributed by atoms with Crippen molar-refractivity contribution in [3.63, 3.8) is 0 Å². The Morgan fingerprint density at radius 3 is 2.89 bits per heavy atom. The molecule has 1 aromatic heterocycles. The molecule has 4 nitrogen and oxygen atoms in total. The van der Waals surface area contributed by atoms with Crippen LogP contribution in [-0.2, 0) is 0 Å². The van der Waals surface area contributed by atoms with Crippen molar-refractivity contribution in [1.82, 2.24) is 10.3 Å². The Kier molecular flexibility index (Phi) is 3.81. The maximum atomic E-state index is 11.6. The molecular weight excluding hydrogens is 296 g/mol. The highest BCUT2D eigenvalue weighted by Gasteiger charge is 2.08. The van der Waals surface area contributed by atoms with Crippen molar-refractivity contribution in [2.24, 2.45) is 0 Å². The first kappa shape index (κ1) is 12.8. The minimum Gasteiger partial charge on any atom is -0.494 e. The number of amides is 1. The minimum atomic E-state index is -0.151. The van der Waals surface area contributed by atoms with Crippen LogP contribution in [0.25, 0.3) is 10.9 Å². The number of nitrogens with zero attached hydrogens (tertiary/aromatic N) is 1. The second-order valence-electron chi connectivity index (χ2n) is 3.71. The van der Waals surface area contributed by atoms with Gasteiger partial charge in [-0.3, -0.25) is 9.78 Å². The second-order valence-corrected chi connectivity index (χ2v) is 4.57. The Labute approximate surface area is 113 Å². The number of carbonyl (C=O) groups excluding carboxylic acids is 1. The van der Waals surface area contributed by atoms with Gasteiger partial charge in [-0.05, 0) is 41.1 Å². The largest absolute Gasteiger partial charge is 0.494 e. The van der Waals surface area contributed by atoms with Crippen LogP contribution in [0.15, 0.2) is 28.9 Å². The maximum Gasteiger partial charge on any atom is 0.252 e. The molecule has 0 aliphatic rings. The molecule has 0 saturated heterocycles. The SMILES string of the molecule is CCOc1cc(Br)c2ncc(C(=O)NC)cc2c1. The van der Waals surface area contributed by atoms with E-state index in [0.717, 1.165) is 21.1 Å². The van der Waals surface area contributed by atoms with E-state index in [0.29, 0.717) is 12.2 Å². The first-order valence-corrected chi connectivity index (χ1v) is 6.39. The highest BCUT2D eigenvalue weighted by molar-refractivity contribution is 9.10. The van der Waals surface area contributed by atoms with Gasteiger partial charge in [0.25, 0.3) is 5.91 Å². The van der Waals surface area contributed by atoms with Crippen molar-refractivity contribution >= 4 is 32.7 Å². The predicted molar refractivity (Wildman–Crippen MR) is 74.0 cm³/mol. The standard InChI is InChI=1S/C13H13BrN2O2/c1-3-18-10-5-8-4-9(13(17)15-2)7-16-12(8)11(14)6-10/h4-7H,3H2,1-2H3,(H,15,17). The number of carbonyl (C=O) groups is 1. The zero-order valence-electron chi connectivity index (χ0n) is 10.2. The van der Waals surface area contributed by atoms with Crippen LogP contribution >= 0.6 is 15.9 Å². The molecule has 1 N–H and O–H groups in total. The van der Waals surface area contributed by atoms with Crippen LogP contribution in [0.4, 0.5) is 0 Å². The summed E-state index contributed by atoms with van der Waals surface area (Å²) in [5.41, 5.74) is 1.34. The monoisotopic (exact) mass is 308 g/mol. The van der Waals surface area contributed by atoms with Crippen LogP contribution in [0.3, 0.4) is 0 Å². The molecule has 2 aromatic rings. The van der Waals surface area contributed by atoms with Crippen molar-refractivity contribution in [3.05, 3.63) is 34.4 Å². The van der Waals surface area contributed by atoms with Gasteiger partial charge in [0.2, 0.25) is 0 Å². The number of ether oxygens (including phenoxy) is 1. The number of fused-ring (bicyclic) bond motifs is 1. The number of nitrogens with one attached hydrogen (secondary N) is 1. The van der Waals surface area contributed by atoms with Gasteiger partial charge in [-0.2, -0.15) is 0 Å². The summed E-state index contributed by atoms with van der Waals surface area (Å²) in [5, 5.41) is 3.45. The lowest BCUT2D eigenvalue weighted by atomic mass is 10.1. The summed E-state index contributed by atoms with van der Waals surface area (Å²) in [6.07, 6.45) is 1.56. The van der Waals surface area contributed by atoms with Gasteiger partial charge in [0.05, 0.1) is 17.7 Å². The number of hydrogen-bond donors (Lipinski definition) is 1. The molecule has 0 spiro atoms. The summed E-state index contributed by atoms with van der Waals surface area (Å²) in [7, 11) is 1.60. The fraction of sp³-hybridized carbons (Fsp3) is 0.231. The summed E-state index contributed by atoms with van der Waals surface area (Å²) in [5.74, 6) is 0.607. The van der Waals surface area contributed by atoms with Gasteiger partial charge >= 0.3 is 0 Å². The van der Waals surface area contributed by atoms with Crippen molar-refractivity contribution in [3.8, 4) is 5.75 Å². The van der Waals surface area contributed by atoms with Crippen LogP contribution in [0.2, 0.25) is 0 Å². The molecule has 0 radical (unpaired) electrons. The Bertz CT molecular complexity index is 599. The van der Waals surface area contributed by atoms with Crippen LogP contribution < -0.4 is 10.1 Å². The third-order valence-corrected chi connectivity index (χ3v) is 3.11. The van der Waals surface area contributed by atoms with Gasteiger partial charge in [-0.15, -0.1) is 0 Å². The second kappa shape index (κ2) is 5.35. The van der Waals surface area contributed by atoms with E-state index in [1.807, 2.05) is 19.1 Å². The van der Waals surface area contributed by atoms with Gasteiger partial charge in [0.15, 0.2) is 0 Å². The summed E-state index contributed by atoms with van der Waals surface area (Å²) in [6.45, 7) is 2.53. The molecule has 1 amide bonds. The maximum absolute atomic E-state index is 11.6. The molecule has 18 heavy (non-hydrogen) atoms. The van der Waals surface area contributed by atoms with Crippen molar-refractivity contribution in [1.29, 1.82) is 0 Å². The number of halogens is 1. The summed E-state index contributed by atoms with van der Waals surface area (Å²) >= 11 is 3.45. The van der Waals surface area contributed by atoms with Gasteiger partial charge < -0.3 is 10.1 Å². The lowest BCUT2D eigenvalue weighted by Gasteiger charge is -2.07. The van der Waals surface area contributed by atoms with Gasteiger partial charge in [-0.1, -0.05) is 0 Å². The Morgan fingerprint density at radius 1 is 1.44 bits per heavy atom. The van der Waals surface area contributed by atoms with Crippen molar-refractivity contribution in [2.75, 3.05) is 13.7 Å². The number of pyridine rings is 1. The number of aromatic nitrogens is 1. The van der Waals surface area contributed by atoms with Crippen LogP contribution in [0, 0.1) is 0 Å². The van der Waals surface area contributed by atoms with Crippen molar-refractivity contribution in [2.45, 2.75) is 6.92 Å². The molecule has 0 aliphatic heterocycles. The zero-order valence-corrected chi connectivity index (χ0v) is 11.7. The lowest BCUT2D eigenvalue weighted by molar-refractivity contribution is 0.0963. The zero-order chi connectivity index (χ0) is 13.1. The highest BCUT2D eigenvalue weighted by Crippen LogP contribution is 2.28. The molecule has 1 aromatic carbocycles. The molecule has 1 heterocycles. The van der Waals surface area contributed by atoms with Gasteiger partial charge in [-0.25, -0.2) is 0 Å². The Morgan fingerprint density at radius 2 is 2.22 bits per heavy atom. The Hall–Kier alpha value is -1.62. The number of hydrogen-bond acceptors (Lipinski definition) is 3. The molecule has 0 atom stereocenters. The topological polar surface area (TPSA) is 51.2 Å². The summed E-state index contributed by atoms with van der Waals surface area (Å²) in [6, 6.07) is 5.55. The summed E-state index contributed by atoms with van der Waals surface area (Å²) < 4.78 is 6.32. The average Bonchev–Trinajstić information content (AvgIpc) is 2.37. The van der Waals surface area contributed by atoms with E-state index in [9.17, 15) is 4.79 Å². The molecule has 0 saturated carbocycles. The number of rotatable bonds is 3. The van der Waals surface area contributed by atoms with Crippen LogP contribution in [-0.4, -0.2) is 24.5 Å². The molecule has 0 bridgehead atoms. The summed E-state index contributed by atoms with van der Waals surface area (Å²) in [4.78, 5) is 15.8. The van der Waals surface area contributed by atoms with E-state index in [-0.39, 0.29) is 5.91 Å². The first-order valence-electron chi connectivity index (χ1n) is 5.60. The van der Waals surface area contributed by atoms with E-state index >= 15 is 0 Å². The van der Waals surface area contributed by atoms with E-state index in [4.69, 9.17) is 4.74 Å². The van der Waals surface area contributed by atoms with Crippen LogP contribution in [0.1, 0.15) is 17.3 Å². The number of benzene rings is 1. The van der Waals surface area contributed by atoms with E-state index in [1.165, 1.54) is 0 Å². The molecule has 0 unspecified atom stereocenters. The average molecular weight is 309 g/mol. The quantitative estimate of drug-likeness (QED) is 0.948. The normalized spacial score (nSPS) is 10.4. The van der Waals surface area contributed by atoms with Crippen LogP contribution in [0.5, 0.6) is 5.75 Å². The highest BCUT2D eigenvalue weighted by atomic mass is 79.9. The Balaban J connectivity index is 2.56. The lowest BCUT2D eigenvalue weighted by Crippen LogP contribution is -2.17. The molecule has 94 valence electrons.